The highest BCUT2D eigenvalue weighted by Crippen LogP contribution is 2.61. The van der Waals surface area contributed by atoms with Gasteiger partial charge in [-0.3, -0.25) is 4.79 Å². The number of hydrogen-bond acceptors (Lipinski definition) is 4. The van der Waals surface area contributed by atoms with Crippen molar-refractivity contribution in [3.05, 3.63) is 16.6 Å². The van der Waals surface area contributed by atoms with E-state index in [-0.39, 0.29) is 17.9 Å². The molecule has 0 spiro atoms. The minimum Gasteiger partial charge on any atom is -0.481 e. The molecular formula is C18H26N2O2S. The van der Waals surface area contributed by atoms with Crippen LogP contribution in [0.3, 0.4) is 0 Å². The molecule has 23 heavy (non-hydrogen) atoms. The molecule has 1 aromatic rings. The van der Waals surface area contributed by atoms with E-state index in [4.69, 9.17) is 0 Å². The van der Waals surface area contributed by atoms with Gasteiger partial charge in [-0.05, 0) is 86.2 Å². The van der Waals surface area contributed by atoms with Gasteiger partial charge >= 0.3 is 5.97 Å². The first-order chi connectivity index (χ1) is 11.0. The lowest BCUT2D eigenvalue weighted by atomic mass is 9.47. The maximum atomic E-state index is 11.5. The number of nitrogens with zero attached hydrogens (tertiary/aromatic N) is 1. The van der Waals surface area contributed by atoms with E-state index in [9.17, 15) is 9.90 Å². The van der Waals surface area contributed by atoms with Crippen molar-refractivity contribution in [3.63, 3.8) is 0 Å². The third-order valence-electron chi connectivity index (χ3n) is 6.40. The van der Waals surface area contributed by atoms with Crippen molar-refractivity contribution in [2.45, 2.75) is 64.5 Å². The summed E-state index contributed by atoms with van der Waals surface area (Å²) >= 11 is 1.53. The topological polar surface area (TPSA) is 62.2 Å². The van der Waals surface area contributed by atoms with Crippen LogP contribution in [0.15, 0.2) is 6.07 Å². The number of nitrogens with one attached hydrogen (secondary N) is 1. The SMILES string of the molecule is Cc1cc(CNC(CC(=O)O)C23CC4CC(CC(C4)C2)C3)sn1. The van der Waals surface area contributed by atoms with Crippen LogP contribution >= 0.6 is 11.5 Å². The van der Waals surface area contributed by atoms with E-state index in [1.54, 1.807) is 0 Å². The lowest BCUT2D eigenvalue weighted by Crippen LogP contribution is -2.56. The fourth-order valence-corrected chi connectivity index (χ4v) is 6.69. The second-order valence-electron chi connectivity index (χ2n) is 8.25. The van der Waals surface area contributed by atoms with E-state index >= 15 is 0 Å². The minimum absolute atomic E-state index is 0.107. The Morgan fingerprint density at radius 3 is 2.43 bits per heavy atom. The third kappa shape index (κ3) is 3.05. The molecule has 4 saturated carbocycles. The Balaban J connectivity index is 1.52. The van der Waals surface area contributed by atoms with Crippen LogP contribution in [0.1, 0.15) is 55.5 Å². The molecule has 4 bridgehead atoms. The van der Waals surface area contributed by atoms with Crippen molar-refractivity contribution in [1.29, 1.82) is 0 Å². The van der Waals surface area contributed by atoms with Crippen LogP contribution in [-0.4, -0.2) is 21.5 Å². The summed E-state index contributed by atoms with van der Waals surface area (Å²) in [7, 11) is 0. The normalized spacial score (nSPS) is 36.3. The van der Waals surface area contributed by atoms with Gasteiger partial charge in [0.2, 0.25) is 0 Å². The van der Waals surface area contributed by atoms with Gasteiger partial charge in [-0.2, -0.15) is 4.37 Å². The summed E-state index contributed by atoms with van der Waals surface area (Å²) in [6.07, 6.45) is 8.17. The molecule has 0 aromatic carbocycles. The second kappa shape index (κ2) is 5.85. The van der Waals surface area contributed by atoms with Crippen molar-refractivity contribution in [3.8, 4) is 0 Å². The van der Waals surface area contributed by atoms with Crippen molar-refractivity contribution < 1.29 is 9.90 Å². The molecule has 5 rings (SSSR count). The van der Waals surface area contributed by atoms with E-state index < -0.39 is 5.97 Å². The van der Waals surface area contributed by atoms with Crippen LogP contribution in [0.2, 0.25) is 0 Å². The Kier molecular flexibility index (Phi) is 3.96. The molecule has 1 atom stereocenters. The summed E-state index contributed by atoms with van der Waals surface area (Å²) in [5.41, 5.74) is 1.28. The monoisotopic (exact) mass is 334 g/mol. The van der Waals surface area contributed by atoms with Crippen molar-refractivity contribution in [2.75, 3.05) is 0 Å². The molecular weight excluding hydrogens is 308 g/mol. The molecule has 0 amide bonds. The molecule has 0 radical (unpaired) electrons. The summed E-state index contributed by atoms with van der Waals surface area (Å²) in [5.74, 6) is 1.89. The maximum Gasteiger partial charge on any atom is 0.304 e. The summed E-state index contributed by atoms with van der Waals surface area (Å²) in [6, 6.07) is 2.21. The predicted octanol–water partition coefficient (Wildman–Crippen LogP) is 3.60. The van der Waals surface area contributed by atoms with Crippen molar-refractivity contribution in [1.82, 2.24) is 9.69 Å². The average molecular weight is 334 g/mol. The fraction of sp³-hybridized carbons (Fsp3) is 0.778. The summed E-state index contributed by atoms with van der Waals surface area (Å²) in [4.78, 5) is 12.7. The number of hydrogen-bond donors (Lipinski definition) is 2. The molecule has 126 valence electrons. The van der Waals surface area contributed by atoms with Crippen LogP contribution < -0.4 is 5.32 Å². The molecule has 4 aliphatic carbocycles. The van der Waals surface area contributed by atoms with E-state index in [1.807, 2.05) is 6.92 Å². The van der Waals surface area contributed by atoms with Crippen molar-refractivity contribution in [2.24, 2.45) is 23.2 Å². The average Bonchev–Trinajstić information content (AvgIpc) is 2.87. The minimum atomic E-state index is -0.668. The molecule has 0 saturated heterocycles. The van der Waals surface area contributed by atoms with Crippen molar-refractivity contribution >= 4 is 17.5 Å². The number of carboxylic acid groups (broad SMARTS) is 1. The first kappa shape index (κ1) is 15.6. The van der Waals surface area contributed by atoms with Gasteiger partial charge in [-0.15, -0.1) is 0 Å². The molecule has 1 aromatic heterocycles. The van der Waals surface area contributed by atoms with Crippen LogP contribution in [0.5, 0.6) is 0 Å². The molecule has 4 nitrogen and oxygen atoms in total. The molecule has 4 aliphatic rings. The maximum absolute atomic E-state index is 11.5. The smallest absolute Gasteiger partial charge is 0.304 e. The van der Waals surface area contributed by atoms with E-state index in [0.717, 1.165) is 30.0 Å². The Bertz CT molecular complexity index is 562. The number of aromatic nitrogens is 1. The van der Waals surface area contributed by atoms with Gasteiger partial charge in [0.05, 0.1) is 12.1 Å². The zero-order valence-electron chi connectivity index (χ0n) is 13.8. The Labute approximate surface area is 141 Å². The highest BCUT2D eigenvalue weighted by atomic mass is 32.1. The van der Waals surface area contributed by atoms with Gasteiger partial charge in [-0.1, -0.05) is 0 Å². The Morgan fingerprint density at radius 1 is 1.35 bits per heavy atom. The number of carboxylic acids is 1. The molecule has 2 N–H and O–H groups in total. The van der Waals surface area contributed by atoms with Gasteiger partial charge in [0, 0.05) is 17.5 Å². The lowest BCUT2D eigenvalue weighted by molar-refractivity contribution is -0.141. The lowest BCUT2D eigenvalue weighted by Gasteiger charge is -2.59. The quantitative estimate of drug-likeness (QED) is 0.834. The molecule has 1 unspecified atom stereocenters. The largest absolute Gasteiger partial charge is 0.481 e. The van der Waals surface area contributed by atoms with Gasteiger partial charge < -0.3 is 10.4 Å². The third-order valence-corrected chi connectivity index (χ3v) is 7.28. The van der Waals surface area contributed by atoms with Gasteiger partial charge in [0.1, 0.15) is 0 Å². The van der Waals surface area contributed by atoms with E-state index in [1.165, 1.54) is 54.9 Å². The fourth-order valence-electron chi connectivity index (χ4n) is 6.01. The van der Waals surface area contributed by atoms with Crippen LogP contribution in [0.25, 0.3) is 0 Å². The zero-order valence-corrected chi connectivity index (χ0v) is 14.6. The van der Waals surface area contributed by atoms with Crippen LogP contribution in [0, 0.1) is 30.1 Å². The number of carbonyl (C=O) groups is 1. The summed E-state index contributed by atoms with van der Waals surface area (Å²) < 4.78 is 4.33. The van der Waals surface area contributed by atoms with Gasteiger partial charge in [0.15, 0.2) is 0 Å². The zero-order chi connectivity index (χ0) is 16.0. The van der Waals surface area contributed by atoms with E-state index in [2.05, 4.69) is 15.8 Å². The number of aliphatic carboxylic acids is 1. The van der Waals surface area contributed by atoms with Gasteiger partial charge in [0.25, 0.3) is 0 Å². The Morgan fingerprint density at radius 2 is 1.96 bits per heavy atom. The molecule has 1 heterocycles. The predicted molar refractivity (Wildman–Crippen MR) is 90.3 cm³/mol. The molecule has 4 fully saturated rings. The second-order valence-corrected chi connectivity index (χ2v) is 9.14. The number of rotatable bonds is 6. The highest BCUT2D eigenvalue weighted by Gasteiger charge is 2.54. The first-order valence-electron chi connectivity index (χ1n) is 8.90. The highest BCUT2D eigenvalue weighted by molar-refractivity contribution is 7.05. The molecule has 0 aliphatic heterocycles. The summed E-state index contributed by atoms with van der Waals surface area (Å²) in [5, 5.41) is 13.1. The first-order valence-corrected chi connectivity index (χ1v) is 9.67. The summed E-state index contributed by atoms with van der Waals surface area (Å²) in [6.45, 7) is 2.76. The van der Waals surface area contributed by atoms with Crippen LogP contribution in [-0.2, 0) is 11.3 Å². The van der Waals surface area contributed by atoms with Crippen LogP contribution in [0.4, 0.5) is 0 Å². The standard InChI is InChI=1S/C18H26N2O2S/c1-11-2-15(23-20-11)10-19-16(6-17(21)22)18-7-12-3-13(8-18)5-14(4-12)9-18/h2,12-14,16,19H,3-10H2,1H3,(H,21,22). The van der Waals surface area contributed by atoms with E-state index in [0.29, 0.717) is 0 Å². The number of aryl methyl sites for hydroxylation is 1. The molecule has 5 heteroatoms. The Hall–Kier alpha value is -0.940. The van der Waals surface area contributed by atoms with Gasteiger partial charge in [-0.25, -0.2) is 0 Å².